The number of hydrogen-bond donors (Lipinski definition) is 1. The summed E-state index contributed by atoms with van der Waals surface area (Å²) in [6.07, 6.45) is 7.56. The standard InChI is InChI=1S/C20H28N2O3/c1-22-18-14-17(24-2)10-9-15(18)13-19(22)20(23)21-11-6-12-25-16-7-4-3-5-8-16/h9-10,13-14,16H,3-8,11-12H2,1-2H3,(H,21,23). The van der Waals surface area contributed by atoms with Crippen LogP contribution in [-0.4, -0.2) is 36.8 Å². The molecule has 0 unspecified atom stereocenters. The first-order valence-corrected chi connectivity index (χ1v) is 9.22. The van der Waals surface area contributed by atoms with E-state index in [-0.39, 0.29) is 5.91 Å². The molecule has 0 spiro atoms. The van der Waals surface area contributed by atoms with Gasteiger partial charge in [0, 0.05) is 31.7 Å². The first-order valence-electron chi connectivity index (χ1n) is 9.22. The molecule has 3 rings (SSSR count). The van der Waals surface area contributed by atoms with E-state index in [1.54, 1.807) is 7.11 Å². The van der Waals surface area contributed by atoms with E-state index < -0.39 is 0 Å². The summed E-state index contributed by atoms with van der Waals surface area (Å²) in [4.78, 5) is 12.5. The lowest BCUT2D eigenvalue weighted by Crippen LogP contribution is -2.27. The maximum absolute atomic E-state index is 12.5. The summed E-state index contributed by atoms with van der Waals surface area (Å²) < 4.78 is 13.1. The van der Waals surface area contributed by atoms with Crippen molar-refractivity contribution in [2.75, 3.05) is 20.3 Å². The van der Waals surface area contributed by atoms with E-state index in [1.807, 2.05) is 35.9 Å². The van der Waals surface area contributed by atoms with E-state index in [0.29, 0.717) is 18.3 Å². The zero-order chi connectivity index (χ0) is 17.6. The number of benzene rings is 1. The molecule has 5 heteroatoms. The number of rotatable bonds is 7. The zero-order valence-electron chi connectivity index (χ0n) is 15.2. The molecule has 1 aromatic heterocycles. The largest absolute Gasteiger partial charge is 0.497 e. The molecule has 0 aliphatic heterocycles. The number of nitrogens with zero attached hydrogens (tertiary/aromatic N) is 1. The molecule has 1 aliphatic carbocycles. The van der Waals surface area contributed by atoms with Gasteiger partial charge in [-0.3, -0.25) is 4.79 Å². The lowest BCUT2D eigenvalue weighted by molar-refractivity contribution is 0.0273. The molecule has 0 radical (unpaired) electrons. The van der Waals surface area contributed by atoms with Crippen LogP contribution in [0.15, 0.2) is 24.3 Å². The van der Waals surface area contributed by atoms with E-state index >= 15 is 0 Å². The lowest BCUT2D eigenvalue weighted by atomic mass is 9.98. The third-order valence-electron chi connectivity index (χ3n) is 5.00. The molecule has 2 aromatic rings. The van der Waals surface area contributed by atoms with Gasteiger partial charge in [-0.25, -0.2) is 0 Å². The van der Waals surface area contributed by atoms with E-state index in [2.05, 4.69) is 5.32 Å². The molecule has 0 saturated heterocycles. The van der Waals surface area contributed by atoms with Crippen LogP contribution in [0.2, 0.25) is 0 Å². The fourth-order valence-electron chi connectivity index (χ4n) is 3.50. The fraction of sp³-hybridized carbons (Fsp3) is 0.550. The molecule has 1 N–H and O–H groups in total. The van der Waals surface area contributed by atoms with Gasteiger partial charge in [0.2, 0.25) is 0 Å². The molecule has 1 saturated carbocycles. The molecular formula is C20H28N2O3. The van der Waals surface area contributed by atoms with Gasteiger partial charge in [-0.05, 0) is 37.5 Å². The summed E-state index contributed by atoms with van der Waals surface area (Å²) >= 11 is 0. The minimum Gasteiger partial charge on any atom is -0.497 e. The third-order valence-corrected chi connectivity index (χ3v) is 5.00. The number of carbonyl (C=O) groups excluding carboxylic acids is 1. The number of carbonyl (C=O) groups is 1. The molecular weight excluding hydrogens is 316 g/mol. The van der Waals surface area contributed by atoms with Crippen LogP contribution in [0.1, 0.15) is 49.0 Å². The van der Waals surface area contributed by atoms with Crippen LogP contribution < -0.4 is 10.1 Å². The highest BCUT2D eigenvalue weighted by Crippen LogP contribution is 2.24. The van der Waals surface area contributed by atoms with Crippen molar-refractivity contribution in [2.45, 2.75) is 44.6 Å². The van der Waals surface area contributed by atoms with Crippen LogP contribution in [0.3, 0.4) is 0 Å². The van der Waals surface area contributed by atoms with Crippen molar-refractivity contribution in [3.05, 3.63) is 30.0 Å². The summed E-state index contributed by atoms with van der Waals surface area (Å²) in [5, 5.41) is 4.03. The van der Waals surface area contributed by atoms with Gasteiger partial charge in [-0.2, -0.15) is 0 Å². The first-order chi connectivity index (χ1) is 12.2. The predicted octanol–water partition coefficient (Wildman–Crippen LogP) is 3.66. The smallest absolute Gasteiger partial charge is 0.267 e. The Balaban J connectivity index is 1.49. The highest BCUT2D eigenvalue weighted by molar-refractivity contribution is 5.98. The normalized spacial score (nSPS) is 15.4. The Morgan fingerprint density at radius 3 is 2.80 bits per heavy atom. The third kappa shape index (κ3) is 4.34. The second kappa shape index (κ2) is 8.39. The van der Waals surface area contributed by atoms with Gasteiger partial charge in [-0.1, -0.05) is 19.3 Å². The number of hydrogen-bond acceptors (Lipinski definition) is 3. The van der Waals surface area contributed by atoms with Crippen molar-refractivity contribution in [1.29, 1.82) is 0 Å². The highest BCUT2D eigenvalue weighted by atomic mass is 16.5. The molecule has 1 fully saturated rings. The van der Waals surface area contributed by atoms with Gasteiger partial charge in [0.05, 0.1) is 18.7 Å². The fourth-order valence-corrected chi connectivity index (χ4v) is 3.50. The van der Waals surface area contributed by atoms with Crippen LogP contribution in [0, 0.1) is 0 Å². The number of fused-ring (bicyclic) bond motifs is 1. The van der Waals surface area contributed by atoms with Gasteiger partial charge >= 0.3 is 0 Å². The van der Waals surface area contributed by atoms with Crippen molar-refractivity contribution in [1.82, 2.24) is 9.88 Å². The van der Waals surface area contributed by atoms with Gasteiger partial charge < -0.3 is 19.4 Å². The van der Waals surface area contributed by atoms with Crippen molar-refractivity contribution in [2.24, 2.45) is 7.05 Å². The van der Waals surface area contributed by atoms with E-state index in [1.165, 1.54) is 32.1 Å². The molecule has 0 bridgehead atoms. The molecule has 1 aromatic carbocycles. The quantitative estimate of drug-likeness (QED) is 0.780. The Kier molecular flexibility index (Phi) is 5.97. The predicted molar refractivity (Wildman–Crippen MR) is 99.2 cm³/mol. The van der Waals surface area contributed by atoms with Gasteiger partial charge in [0.25, 0.3) is 5.91 Å². The number of aryl methyl sites for hydroxylation is 1. The highest BCUT2D eigenvalue weighted by Gasteiger charge is 2.15. The number of amides is 1. The molecule has 1 amide bonds. The van der Waals surface area contributed by atoms with Crippen LogP contribution in [0.5, 0.6) is 5.75 Å². The molecule has 1 heterocycles. The monoisotopic (exact) mass is 344 g/mol. The summed E-state index contributed by atoms with van der Waals surface area (Å²) in [7, 11) is 3.55. The maximum Gasteiger partial charge on any atom is 0.267 e. The van der Waals surface area contributed by atoms with Crippen molar-refractivity contribution >= 4 is 16.8 Å². The second-order valence-corrected chi connectivity index (χ2v) is 6.75. The van der Waals surface area contributed by atoms with Crippen LogP contribution >= 0.6 is 0 Å². The van der Waals surface area contributed by atoms with Crippen molar-refractivity contribution < 1.29 is 14.3 Å². The van der Waals surface area contributed by atoms with E-state index in [0.717, 1.165) is 29.7 Å². The zero-order valence-corrected chi connectivity index (χ0v) is 15.2. The summed E-state index contributed by atoms with van der Waals surface area (Å²) in [5.74, 6) is 0.746. The second-order valence-electron chi connectivity index (χ2n) is 6.75. The number of nitrogens with one attached hydrogen (secondary N) is 1. The number of aromatic nitrogens is 1. The Morgan fingerprint density at radius 1 is 1.24 bits per heavy atom. The maximum atomic E-state index is 12.5. The van der Waals surface area contributed by atoms with Gasteiger partial charge in [-0.15, -0.1) is 0 Å². The molecule has 5 nitrogen and oxygen atoms in total. The Hall–Kier alpha value is -2.01. The van der Waals surface area contributed by atoms with Gasteiger partial charge in [0.1, 0.15) is 11.4 Å². The van der Waals surface area contributed by atoms with Crippen LogP contribution in [-0.2, 0) is 11.8 Å². The molecule has 136 valence electrons. The minimum atomic E-state index is -0.0460. The van der Waals surface area contributed by atoms with Crippen molar-refractivity contribution in [3.8, 4) is 5.75 Å². The Morgan fingerprint density at radius 2 is 2.04 bits per heavy atom. The number of methoxy groups -OCH3 is 1. The van der Waals surface area contributed by atoms with E-state index in [4.69, 9.17) is 9.47 Å². The molecule has 1 aliphatic rings. The van der Waals surface area contributed by atoms with Crippen molar-refractivity contribution in [3.63, 3.8) is 0 Å². The Bertz CT molecular complexity index is 717. The van der Waals surface area contributed by atoms with Gasteiger partial charge in [0.15, 0.2) is 0 Å². The van der Waals surface area contributed by atoms with E-state index in [9.17, 15) is 4.79 Å². The average molecular weight is 344 g/mol. The minimum absolute atomic E-state index is 0.0460. The molecule has 25 heavy (non-hydrogen) atoms. The SMILES string of the molecule is COc1ccc2cc(C(=O)NCCCOC3CCCCC3)n(C)c2c1. The summed E-state index contributed by atoms with van der Waals surface area (Å²) in [6.45, 7) is 1.35. The van der Waals surface area contributed by atoms with Crippen LogP contribution in [0.4, 0.5) is 0 Å². The Labute approximate surface area is 149 Å². The van der Waals surface area contributed by atoms with Crippen LogP contribution in [0.25, 0.3) is 10.9 Å². The lowest BCUT2D eigenvalue weighted by Gasteiger charge is -2.21. The first kappa shape index (κ1) is 17.8. The topological polar surface area (TPSA) is 52.5 Å². The summed E-state index contributed by atoms with van der Waals surface area (Å²) in [6, 6.07) is 7.75. The molecule has 0 atom stereocenters. The number of ether oxygens (including phenoxy) is 2. The summed E-state index contributed by atoms with van der Waals surface area (Å²) in [5.41, 5.74) is 1.65. The average Bonchev–Trinajstić information content (AvgIpc) is 2.98.